The van der Waals surface area contributed by atoms with Crippen molar-refractivity contribution >= 4 is 11.7 Å². The second-order valence-electron chi connectivity index (χ2n) is 17.7. The average Bonchev–Trinajstić information content (AvgIpc) is 3.15. The molecular weight excluding hydrogens is 760 g/mol. The van der Waals surface area contributed by atoms with E-state index >= 15 is 0 Å². The fraction of sp³-hybridized carbons (Fsp3) is 0.951. The lowest BCUT2D eigenvalue weighted by molar-refractivity contribution is -0.317. The van der Waals surface area contributed by atoms with Gasteiger partial charge in [0.2, 0.25) is 6.79 Å². The summed E-state index contributed by atoms with van der Waals surface area (Å²) in [6, 6.07) is -0.328. The van der Waals surface area contributed by atoms with Crippen molar-refractivity contribution in [3.63, 3.8) is 0 Å². The first-order valence-corrected chi connectivity index (χ1v) is 20.8. The number of carbonyl (C=O) groups is 1. The number of likely N-dealkylation sites (N-methyl/N-ethyl adjacent to an activating group) is 1. The molecule has 0 saturated carbocycles. The third-order valence-electron chi connectivity index (χ3n) is 12.6. The van der Waals surface area contributed by atoms with Crippen LogP contribution in [0.5, 0.6) is 0 Å². The number of cyclic esters (lactones) is 1. The molecule has 58 heavy (non-hydrogen) atoms. The number of ether oxygens (including phenoxy) is 8. The number of esters is 1. The monoisotopic (exact) mass is 837 g/mol. The summed E-state index contributed by atoms with van der Waals surface area (Å²) in [5.74, 6) is -4.14. The van der Waals surface area contributed by atoms with Crippen LogP contribution >= 0.6 is 0 Å². The van der Waals surface area contributed by atoms with Gasteiger partial charge in [-0.2, -0.15) is 0 Å². The number of hydrogen-bond donors (Lipinski definition) is 5. The zero-order chi connectivity index (χ0) is 43.9. The van der Waals surface area contributed by atoms with Crippen LogP contribution in [0.25, 0.3) is 0 Å². The van der Waals surface area contributed by atoms with E-state index in [-0.39, 0.29) is 44.8 Å². The van der Waals surface area contributed by atoms with E-state index in [1.165, 1.54) is 14.0 Å². The van der Waals surface area contributed by atoms with Crippen LogP contribution in [-0.2, 0) is 47.5 Å². The SMILES string of the molecule is CC[C@H]1OC(=O)[C@H](C)[C@@H](O[C@H]2C[C@](C)(OC)[C@@H](O)C(C)O2)[C@H](C)[C@@H](O[C@@H]2OC(C)C[C@@H](N(C)C)C2O)[C@](C)(O)C[C@@H](C)/C(=N\OCOCCOC)[C@H](C)[C@@H](O)[C@]1(C)O. The maximum absolute atomic E-state index is 14.3. The van der Waals surface area contributed by atoms with Crippen molar-refractivity contribution in [3.8, 4) is 0 Å². The van der Waals surface area contributed by atoms with Crippen molar-refractivity contribution in [2.24, 2.45) is 28.8 Å². The zero-order valence-electron chi connectivity index (χ0n) is 37.3. The van der Waals surface area contributed by atoms with Crippen molar-refractivity contribution in [2.75, 3.05) is 48.3 Å². The molecular formula is C41H76N2O15. The fourth-order valence-corrected chi connectivity index (χ4v) is 8.93. The molecule has 3 aliphatic rings. The summed E-state index contributed by atoms with van der Waals surface area (Å²) in [7, 11) is 6.76. The highest BCUT2D eigenvalue weighted by atomic mass is 16.7. The van der Waals surface area contributed by atoms with Gasteiger partial charge in [0.05, 0.1) is 66.6 Å². The fourth-order valence-electron chi connectivity index (χ4n) is 8.93. The van der Waals surface area contributed by atoms with Gasteiger partial charge in [-0.15, -0.1) is 0 Å². The van der Waals surface area contributed by atoms with E-state index in [1.807, 2.05) is 32.8 Å². The van der Waals surface area contributed by atoms with Crippen LogP contribution in [0.1, 0.15) is 94.9 Å². The zero-order valence-corrected chi connectivity index (χ0v) is 37.3. The number of aliphatic hydroxyl groups excluding tert-OH is 3. The Morgan fingerprint density at radius 3 is 2.14 bits per heavy atom. The lowest BCUT2D eigenvalue weighted by Crippen LogP contribution is -2.61. The highest BCUT2D eigenvalue weighted by Crippen LogP contribution is 2.41. The van der Waals surface area contributed by atoms with Crippen molar-refractivity contribution in [2.45, 2.75) is 179 Å². The normalized spacial score (nSPS) is 45.8. The topological polar surface area (TPSA) is 217 Å². The molecule has 3 rings (SSSR count). The molecule has 0 aromatic rings. The third-order valence-corrected chi connectivity index (χ3v) is 12.6. The Kier molecular flexibility index (Phi) is 18.8. The Labute approximate surface area is 345 Å². The van der Waals surface area contributed by atoms with Gasteiger partial charge in [-0.1, -0.05) is 32.9 Å². The van der Waals surface area contributed by atoms with Crippen LogP contribution in [0, 0.1) is 23.7 Å². The van der Waals surface area contributed by atoms with Gasteiger partial charge in [-0.25, -0.2) is 0 Å². The highest BCUT2D eigenvalue weighted by molar-refractivity contribution is 5.88. The summed E-state index contributed by atoms with van der Waals surface area (Å²) in [5.41, 5.74) is -4.49. The second kappa shape index (κ2) is 21.5. The predicted octanol–water partition coefficient (Wildman–Crippen LogP) is 2.21. The molecule has 0 radical (unpaired) electrons. The number of oxime groups is 1. The van der Waals surface area contributed by atoms with E-state index in [0.29, 0.717) is 18.7 Å². The van der Waals surface area contributed by atoms with Crippen LogP contribution in [-0.4, -0.2) is 175 Å². The predicted molar refractivity (Wildman–Crippen MR) is 212 cm³/mol. The molecule has 340 valence electrons. The Morgan fingerprint density at radius 2 is 1.55 bits per heavy atom. The van der Waals surface area contributed by atoms with E-state index in [2.05, 4.69) is 5.16 Å². The maximum atomic E-state index is 14.3. The molecule has 5 N–H and O–H groups in total. The molecule has 17 heteroatoms. The summed E-state index contributed by atoms with van der Waals surface area (Å²) in [6.07, 6.45) is -9.49. The standard InChI is InChI=1S/C41H76N2O15/c1-15-29-41(10,49)34(45)24(4)31(42-53-21-52-17-16-50-13)22(2)19-39(8,48)36(58-38-32(44)28(43(11)12)18-23(3)54-38)25(5)33(26(6)37(47)56-29)57-30-20-40(9,51-14)35(46)27(7)55-30/h22-30,32-36,38,44-46,48-49H,15-21H2,1-14H3/b42-31+/t22-,23?,24+,25+,26-,27?,28-,29-,30+,32?,33+,34-,35+,36-,38+,39-,40+,41-/m1/s1. The minimum Gasteiger partial charge on any atom is -0.459 e. The number of nitrogens with zero attached hydrogens (tertiary/aromatic N) is 2. The number of aliphatic hydroxyl groups is 5. The molecule has 3 fully saturated rings. The average molecular weight is 837 g/mol. The van der Waals surface area contributed by atoms with E-state index in [0.717, 1.165) is 0 Å². The van der Waals surface area contributed by atoms with Gasteiger partial charge in [-0.3, -0.25) is 4.79 Å². The van der Waals surface area contributed by atoms with Crippen LogP contribution in [0.4, 0.5) is 0 Å². The molecule has 0 aromatic heterocycles. The quantitative estimate of drug-likeness (QED) is 0.0778. The summed E-state index contributed by atoms with van der Waals surface area (Å²) in [4.78, 5) is 21.8. The Bertz CT molecular complexity index is 1300. The Hall–Kier alpha value is -1.58. The Balaban J connectivity index is 2.22. The molecule has 18 atom stereocenters. The molecule has 0 aromatic carbocycles. The first kappa shape index (κ1) is 50.8. The van der Waals surface area contributed by atoms with Gasteiger partial charge in [0.15, 0.2) is 12.6 Å². The van der Waals surface area contributed by atoms with Crippen LogP contribution in [0.15, 0.2) is 5.16 Å². The number of methoxy groups -OCH3 is 2. The maximum Gasteiger partial charge on any atom is 0.311 e. The van der Waals surface area contributed by atoms with Crippen molar-refractivity contribution in [1.82, 2.24) is 4.90 Å². The molecule has 3 unspecified atom stereocenters. The van der Waals surface area contributed by atoms with Crippen molar-refractivity contribution < 1.29 is 73.1 Å². The van der Waals surface area contributed by atoms with E-state index in [9.17, 15) is 30.3 Å². The van der Waals surface area contributed by atoms with E-state index in [1.54, 1.807) is 55.6 Å². The van der Waals surface area contributed by atoms with Gasteiger partial charge >= 0.3 is 5.97 Å². The highest BCUT2D eigenvalue weighted by Gasteiger charge is 2.53. The minimum absolute atomic E-state index is 0.0307. The smallest absolute Gasteiger partial charge is 0.311 e. The number of rotatable bonds is 13. The van der Waals surface area contributed by atoms with Crippen LogP contribution in [0.2, 0.25) is 0 Å². The van der Waals surface area contributed by atoms with Gasteiger partial charge in [0.25, 0.3) is 0 Å². The van der Waals surface area contributed by atoms with E-state index < -0.39 is 102 Å². The second-order valence-corrected chi connectivity index (χ2v) is 17.7. The molecule has 3 aliphatic heterocycles. The summed E-state index contributed by atoms with van der Waals surface area (Å²) < 4.78 is 48.1. The Morgan fingerprint density at radius 1 is 0.897 bits per heavy atom. The van der Waals surface area contributed by atoms with Gasteiger partial charge in [-0.05, 0) is 74.9 Å². The largest absolute Gasteiger partial charge is 0.459 e. The van der Waals surface area contributed by atoms with Crippen LogP contribution in [0.3, 0.4) is 0 Å². The number of hydrogen-bond acceptors (Lipinski definition) is 17. The first-order chi connectivity index (χ1) is 27.0. The lowest BCUT2D eigenvalue weighted by Gasteiger charge is -2.49. The van der Waals surface area contributed by atoms with Gasteiger partial charge in [0, 0.05) is 44.4 Å². The summed E-state index contributed by atoms with van der Waals surface area (Å²) >= 11 is 0. The van der Waals surface area contributed by atoms with Crippen molar-refractivity contribution in [3.05, 3.63) is 0 Å². The lowest BCUT2D eigenvalue weighted by atomic mass is 9.73. The molecule has 0 aliphatic carbocycles. The molecule has 3 saturated heterocycles. The molecule has 0 spiro atoms. The van der Waals surface area contributed by atoms with Crippen molar-refractivity contribution in [1.29, 1.82) is 0 Å². The summed E-state index contributed by atoms with van der Waals surface area (Å²) in [5, 5.41) is 63.6. The molecule has 0 bridgehead atoms. The first-order valence-electron chi connectivity index (χ1n) is 20.8. The molecule has 3 heterocycles. The molecule has 0 amide bonds. The minimum atomic E-state index is -1.97. The van der Waals surface area contributed by atoms with Crippen LogP contribution < -0.4 is 0 Å². The third kappa shape index (κ3) is 12.1. The van der Waals surface area contributed by atoms with Gasteiger partial charge in [0.1, 0.15) is 23.9 Å². The molecule has 17 nitrogen and oxygen atoms in total. The van der Waals surface area contributed by atoms with E-state index in [4.69, 9.17) is 42.7 Å². The number of carbonyl (C=O) groups excluding carboxylic acids is 1. The van der Waals surface area contributed by atoms with Gasteiger partial charge < -0.3 is 73.2 Å². The summed E-state index contributed by atoms with van der Waals surface area (Å²) in [6.45, 7) is 17.3.